The molecule has 0 aliphatic carbocycles. The molecular weight excluding hydrogens is 362 g/mol. The molecule has 4 rings (SSSR count). The van der Waals surface area contributed by atoms with Gasteiger partial charge in [0.25, 0.3) is 0 Å². The monoisotopic (exact) mass is 384 g/mol. The van der Waals surface area contributed by atoms with Crippen LogP contribution in [0.15, 0.2) is 42.2 Å². The molecule has 0 bridgehead atoms. The Morgan fingerprint density at radius 1 is 1.26 bits per heavy atom. The first kappa shape index (κ1) is 18.1. The molecule has 0 amide bonds. The highest BCUT2D eigenvalue weighted by molar-refractivity contribution is 6.30. The van der Waals surface area contributed by atoms with E-state index in [0.29, 0.717) is 28.8 Å². The summed E-state index contributed by atoms with van der Waals surface area (Å²) < 4.78 is 5.94. The van der Waals surface area contributed by atoms with Crippen molar-refractivity contribution in [3.8, 4) is 11.5 Å². The summed E-state index contributed by atoms with van der Waals surface area (Å²) in [7, 11) is 0. The molecule has 0 saturated carbocycles. The quantitative estimate of drug-likeness (QED) is 0.796. The first-order chi connectivity index (χ1) is 13.0. The number of likely N-dealkylation sites (tertiary alicyclic amines) is 1. The number of rotatable bonds is 3. The molecule has 2 aliphatic rings. The van der Waals surface area contributed by atoms with Crippen LogP contribution in [0.4, 0.5) is 0 Å². The van der Waals surface area contributed by atoms with E-state index < -0.39 is 0 Å². The maximum atomic E-state index is 12.8. The molecule has 2 aromatic carbocycles. The topological polar surface area (TPSA) is 51.0 Å². The molecule has 140 valence electrons. The van der Waals surface area contributed by atoms with Gasteiger partial charge in [-0.15, -0.1) is 0 Å². The van der Waals surface area contributed by atoms with Gasteiger partial charge >= 0.3 is 0 Å². The molecule has 0 radical (unpaired) electrons. The first-order valence-electron chi connectivity index (χ1n) is 9.39. The smallest absolute Gasteiger partial charge is 0.231 e. The standard InChI is InChI=1S/C22H22ClNO3/c1-14-3-2-10-24(12-14)13-18-19(25)9-8-17-21(26)20(27-22(17)18)11-15-4-6-16(23)7-5-15/h4-9,11,14,25H,2-3,10,12-13H2,1H3/p+1/b20-11-/t14-/m0/s1. The van der Waals surface area contributed by atoms with Gasteiger partial charge < -0.3 is 14.7 Å². The molecular formula is C22H23ClNO3+. The Morgan fingerprint density at radius 3 is 2.78 bits per heavy atom. The van der Waals surface area contributed by atoms with E-state index in [1.54, 1.807) is 30.3 Å². The van der Waals surface area contributed by atoms with Crippen molar-refractivity contribution in [1.29, 1.82) is 0 Å². The normalized spacial score (nSPS) is 23.3. The highest BCUT2D eigenvalue weighted by atomic mass is 35.5. The van der Waals surface area contributed by atoms with Crippen molar-refractivity contribution in [1.82, 2.24) is 0 Å². The summed E-state index contributed by atoms with van der Waals surface area (Å²) in [5, 5.41) is 11.1. The van der Waals surface area contributed by atoms with Crippen molar-refractivity contribution < 1.29 is 19.5 Å². The molecule has 2 heterocycles. The third kappa shape index (κ3) is 3.73. The largest absolute Gasteiger partial charge is 0.507 e. The minimum atomic E-state index is -0.150. The first-order valence-corrected chi connectivity index (χ1v) is 9.77. The molecule has 27 heavy (non-hydrogen) atoms. The molecule has 5 heteroatoms. The van der Waals surface area contributed by atoms with Crippen molar-refractivity contribution in [2.24, 2.45) is 5.92 Å². The zero-order valence-electron chi connectivity index (χ0n) is 15.3. The minimum Gasteiger partial charge on any atom is -0.507 e. The van der Waals surface area contributed by atoms with E-state index in [1.807, 2.05) is 12.1 Å². The van der Waals surface area contributed by atoms with Crippen LogP contribution in [0.3, 0.4) is 0 Å². The number of nitrogens with one attached hydrogen (secondary N) is 1. The second kappa shape index (κ2) is 7.37. The number of quaternary nitrogens is 1. The van der Waals surface area contributed by atoms with E-state index in [9.17, 15) is 9.90 Å². The number of phenolic OH excluding ortho intramolecular Hbond substituents is 1. The van der Waals surface area contributed by atoms with Gasteiger partial charge in [-0.25, -0.2) is 0 Å². The lowest BCUT2D eigenvalue weighted by molar-refractivity contribution is -0.922. The van der Waals surface area contributed by atoms with E-state index in [4.69, 9.17) is 16.3 Å². The fourth-order valence-electron chi connectivity index (χ4n) is 3.99. The van der Waals surface area contributed by atoms with Gasteiger partial charge in [-0.05, 0) is 48.7 Å². The second-order valence-electron chi connectivity index (χ2n) is 7.56. The third-order valence-corrected chi connectivity index (χ3v) is 5.63. The van der Waals surface area contributed by atoms with Crippen molar-refractivity contribution in [3.05, 3.63) is 63.9 Å². The van der Waals surface area contributed by atoms with E-state index >= 15 is 0 Å². The summed E-state index contributed by atoms with van der Waals surface area (Å²) >= 11 is 5.92. The number of hydrogen-bond donors (Lipinski definition) is 2. The lowest BCUT2D eigenvalue weighted by Gasteiger charge is -2.28. The van der Waals surface area contributed by atoms with Gasteiger partial charge in [0.15, 0.2) is 11.5 Å². The number of piperidine rings is 1. The summed E-state index contributed by atoms with van der Waals surface area (Å²) in [5.41, 5.74) is 2.09. The van der Waals surface area contributed by atoms with Gasteiger partial charge in [-0.3, -0.25) is 4.79 Å². The number of aromatic hydroxyl groups is 1. The van der Waals surface area contributed by atoms with Crippen LogP contribution < -0.4 is 9.64 Å². The molecule has 2 N–H and O–H groups in total. The molecule has 1 unspecified atom stereocenters. The van der Waals surface area contributed by atoms with Gasteiger partial charge in [0.05, 0.1) is 24.2 Å². The number of carbonyl (C=O) groups is 1. The van der Waals surface area contributed by atoms with Crippen LogP contribution in [0, 0.1) is 5.92 Å². The molecule has 0 aromatic heterocycles. The van der Waals surface area contributed by atoms with E-state index in [1.165, 1.54) is 17.7 Å². The summed E-state index contributed by atoms with van der Waals surface area (Å²) in [6.45, 7) is 5.08. The van der Waals surface area contributed by atoms with E-state index in [-0.39, 0.29) is 17.3 Å². The molecule has 1 saturated heterocycles. The van der Waals surface area contributed by atoms with Crippen molar-refractivity contribution in [2.75, 3.05) is 13.1 Å². The number of Topliss-reactive ketones (excluding diaryl/α,β-unsaturated/α-hetero) is 1. The van der Waals surface area contributed by atoms with Gasteiger partial charge in [0.1, 0.15) is 12.3 Å². The number of phenols is 1. The zero-order valence-corrected chi connectivity index (χ0v) is 16.1. The SMILES string of the molecule is C[C@H]1CCC[NH+](Cc2c(O)ccc3c2O/C(=C\c2ccc(Cl)cc2)C3=O)C1. The van der Waals surface area contributed by atoms with Crippen LogP contribution >= 0.6 is 11.6 Å². The molecule has 2 aliphatic heterocycles. The molecule has 2 atom stereocenters. The van der Waals surface area contributed by atoms with Crippen LogP contribution in [0.25, 0.3) is 6.08 Å². The highest BCUT2D eigenvalue weighted by Gasteiger charge is 2.33. The van der Waals surface area contributed by atoms with Crippen LogP contribution in [0.5, 0.6) is 11.5 Å². The van der Waals surface area contributed by atoms with Crippen molar-refractivity contribution >= 4 is 23.5 Å². The fraction of sp³-hybridized carbons (Fsp3) is 0.318. The van der Waals surface area contributed by atoms with Crippen LogP contribution in [0.2, 0.25) is 5.02 Å². The molecule has 0 spiro atoms. The Kier molecular flexibility index (Phi) is 4.94. The number of benzene rings is 2. The predicted molar refractivity (Wildman–Crippen MR) is 105 cm³/mol. The summed E-state index contributed by atoms with van der Waals surface area (Å²) in [5.74, 6) is 1.51. The Balaban J connectivity index is 1.63. The average Bonchev–Trinajstić information content (AvgIpc) is 2.96. The Labute approximate surface area is 164 Å². The Hall–Kier alpha value is -2.30. The number of halogens is 1. The van der Waals surface area contributed by atoms with Crippen LogP contribution in [-0.4, -0.2) is 24.0 Å². The van der Waals surface area contributed by atoms with Gasteiger partial charge in [0, 0.05) is 10.9 Å². The maximum absolute atomic E-state index is 12.8. The maximum Gasteiger partial charge on any atom is 0.231 e. The number of fused-ring (bicyclic) bond motifs is 1. The fourth-order valence-corrected chi connectivity index (χ4v) is 4.11. The van der Waals surface area contributed by atoms with Gasteiger partial charge in [0.2, 0.25) is 5.78 Å². The summed E-state index contributed by atoms with van der Waals surface area (Å²) in [6.07, 6.45) is 4.16. The number of carbonyl (C=O) groups excluding carboxylic acids is 1. The molecule has 4 nitrogen and oxygen atoms in total. The lowest BCUT2D eigenvalue weighted by atomic mass is 9.99. The predicted octanol–water partition coefficient (Wildman–Crippen LogP) is 3.48. The Bertz CT molecular complexity index is 905. The number of ketones is 1. The zero-order chi connectivity index (χ0) is 19.0. The third-order valence-electron chi connectivity index (χ3n) is 5.38. The van der Waals surface area contributed by atoms with Crippen LogP contribution in [-0.2, 0) is 6.54 Å². The molecule has 1 fully saturated rings. The van der Waals surface area contributed by atoms with Gasteiger partial charge in [-0.1, -0.05) is 30.7 Å². The molecule has 2 aromatic rings. The summed E-state index contributed by atoms with van der Waals surface area (Å²) in [6, 6.07) is 10.5. The van der Waals surface area contributed by atoms with Crippen molar-refractivity contribution in [3.63, 3.8) is 0 Å². The highest BCUT2D eigenvalue weighted by Crippen LogP contribution is 2.39. The number of hydrogen-bond acceptors (Lipinski definition) is 3. The number of allylic oxidation sites excluding steroid dienone is 1. The summed E-state index contributed by atoms with van der Waals surface area (Å²) in [4.78, 5) is 14.2. The average molecular weight is 385 g/mol. The van der Waals surface area contributed by atoms with Crippen LogP contribution in [0.1, 0.15) is 41.3 Å². The van der Waals surface area contributed by atoms with E-state index in [2.05, 4.69) is 6.92 Å². The number of ether oxygens (including phenoxy) is 1. The lowest BCUT2D eigenvalue weighted by Crippen LogP contribution is -3.12. The van der Waals surface area contributed by atoms with Crippen molar-refractivity contribution in [2.45, 2.75) is 26.3 Å². The second-order valence-corrected chi connectivity index (χ2v) is 8.00. The van der Waals surface area contributed by atoms with E-state index in [0.717, 1.165) is 24.2 Å². The Morgan fingerprint density at radius 2 is 2.04 bits per heavy atom. The van der Waals surface area contributed by atoms with Gasteiger partial charge in [-0.2, -0.15) is 0 Å². The minimum absolute atomic E-state index is 0.150.